The smallest absolute Gasteiger partial charge is 0.227 e. The Kier molecular flexibility index (Phi) is 4.91. The molecule has 6 heteroatoms. The number of fused-ring (bicyclic) bond motifs is 3. The first-order valence-electron chi connectivity index (χ1n) is 9.62. The van der Waals surface area contributed by atoms with Crippen LogP contribution in [0.2, 0.25) is 0 Å². The third kappa shape index (κ3) is 3.53. The summed E-state index contributed by atoms with van der Waals surface area (Å²) in [5.74, 6) is 0.581. The maximum Gasteiger partial charge on any atom is 0.227 e. The summed E-state index contributed by atoms with van der Waals surface area (Å²) < 4.78 is 2.21. The van der Waals surface area contributed by atoms with Crippen LogP contribution in [-0.4, -0.2) is 21.5 Å². The lowest BCUT2D eigenvalue weighted by atomic mass is 10.1. The van der Waals surface area contributed by atoms with E-state index >= 15 is 0 Å². The molecular formula is C24H19N5S. The van der Waals surface area contributed by atoms with Crippen LogP contribution in [0.25, 0.3) is 22.4 Å². The van der Waals surface area contributed by atoms with Crippen LogP contribution in [0.4, 0.5) is 17.3 Å². The summed E-state index contributed by atoms with van der Waals surface area (Å²) in [5.41, 5.74) is 6.41. The van der Waals surface area contributed by atoms with Crippen molar-refractivity contribution in [2.24, 2.45) is 0 Å². The minimum Gasteiger partial charge on any atom is -0.324 e. The first-order valence-corrected chi connectivity index (χ1v) is 10.4. The lowest BCUT2D eigenvalue weighted by Crippen LogP contribution is -2.19. The number of hydrogen-bond acceptors (Lipinski definition) is 6. The molecule has 1 aliphatic heterocycles. The number of nitrogens with zero attached hydrogens (tertiary/aromatic N) is 4. The van der Waals surface area contributed by atoms with Gasteiger partial charge < -0.3 is 9.62 Å². The van der Waals surface area contributed by atoms with E-state index in [4.69, 9.17) is 4.98 Å². The average Bonchev–Trinajstić information content (AvgIpc) is 2.81. The van der Waals surface area contributed by atoms with Crippen molar-refractivity contribution in [3.05, 3.63) is 91.9 Å². The normalized spacial score (nSPS) is 12.1. The third-order valence-electron chi connectivity index (χ3n) is 4.84. The van der Waals surface area contributed by atoms with Gasteiger partial charge in [-0.2, -0.15) is 0 Å². The second-order valence-electron chi connectivity index (χ2n) is 6.80. The molecule has 0 spiro atoms. The number of anilines is 3. The van der Waals surface area contributed by atoms with Crippen molar-refractivity contribution >= 4 is 29.3 Å². The molecule has 5 nitrogen and oxygen atoms in total. The van der Waals surface area contributed by atoms with Gasteiger partial charge in [-0.15, -0.1) is 6.58 Å². The fourth-order valence-corrected chi connectivity index (χ4v) is 4.44. The second kappa shape index (κ2) is 8.00. The fraction of sp³-hybridized carbons (Fsp3) is 0.0417. The Morgan fingerprint density at radius 1 is 0.967 bits per heavy atom. The zero-order valence-electron chi connectivity index (χ0n) is 16.2. The van der Waals surface area contributed by atoms with Crippen LogP contribution in [0.5, 0.6) is 0 Å². The van der Waals surface area contributed by atoms with Crippen molar-refractivity contribution in [3.8, 4) is 22.4 Å². The molecule has 5 rings (SSSR count). The number of para-hydroxylation sites is 1. The molecule has 0 radical (unpaired) electrons. The molecule has 2 aromatic carbocycles. The molecule has 3 heterocycles. The van der Waals surface area contributed by atoms with E-state index in [0.29, 0.717) is 5.95 Å². The Labute approximate surface area is 179 Å². The van der Waals surface area contributed by atoms with Crippen molar-refractivity contribution in [2.45, 2.75) is 4.90 Å². The summed E-state index contributed by atoms with van der Waals surface area (Å²) in [5, 5.41) is 3.33. The zero-order valence-corrected chi connectivity index (χ0v) is 17.0. The van der Waals surface area contributed by atoms with Gasteiger partial charge in [0.1, 0.15) is 0 Å². The molecule has 0 saturated heterocycles. The SMILES string of the molecule is C=CCN1Sc2cnc(Nc3ccc(-c4ccncc4)cc3)nc2-c2ccccc21. The van der Waals surface area contributed by atoms with Crippen molar-refractivity contribution in [2.75, 3.05) is 16.2 Å². The van der Waals surface area contributed by atoms with E-state index in [1.54, 1.807) is 24.3 Å². The molecule has 1 N–H and O–H groups in total. The Hall–Kier alpha value is -3.64. The van der Waals surface area contributed by atoms with Crippen LogP contribution in [0.1, 0.15) is 0 Å². The summed E-state index contributed by atoms with van der Waals surface area (Å²) in [6, 6.07) is 20.5. The van der Waals surface area contributed by atoms with Crippen LogP contribution in [-0.2, 0) is 0 Å². The summed E-state index contributed by atoms with van der Waals surface area (Å²) in [6.45, 7) is 4.63. The molecule has 0 unspecified atom stereocenters. The Morgan fingerprint density at radius 3 is 2.53 bits per heavy atom. The van der Waals surface area contributed by atoms with Gasteiger partial charge in [0.05, 0.1) is 16.3 Å². The van der Waals surface area contributed by atoms with Gasteiger partial charge in [-0.25, -0.2) is 9.97 Å². The maximum atomic E-state index is 4.82. The van der Waals surface area contributed by atoms with Gasteiger partial charge in [-0.1, -0.05) is 36.4 Å². The van der Waals surface area contributed by atoms with Crippen molar-refractivity contribution in [1.29, 1.82) is 0 Å². The monoisotopic (exact) mass is 409 g/mol. The topological polar surface area (TPSA) is 53.9 Å². The van der Waals surface area contributed by atoms with E-state index in [2.05, 4.69) is 50.4 Å². The molecule has 2 aromatic heterocycles. The molecule has 0 bridgehead atoms. The van der Waals surface area contributed by atoms with Gasteiger partial charge in [0.25, 0.3) is 0 Å². The van der Waals surface area contributed by atoms with Gasteiger partial charge in [0.15, 0.2) is 0 Å². The number of nitrogens with one attached hydrogen (secondary N) is 1. The maximum absolute atomic E-state index is 4.82. The van der Waals surface area contributed by atoms with Crippen LogP contribution >= 0.6 is 11.9 Å². The van der Waals surface area contributed by atoms with E-state index in [0.717, 1.165) is 45.2 Å². The molecule has 30 heavy (non-hydrogen) atoms. The van der Waals surface area contributed by atoms with Gasteiger partial charge in [-0.05, 0) is 53.4 Å². The van der Waals surface area contributed by atoms with Crippen molar-refractivity contribution in [3.63, 3.8) is 0 Å². The average molecular weight is 410 g/mol. The lowest BCUT2D eigenvalue weighted by molar-refractivity contribution is 1.08. The minimum absolute atomic E-state index is 0.581. The highest BCUT2D eigenvalue weighted by Gasteiger charge is 2.24. The van der Waals surface area contributed by atoms with Crippen LogP contribution in [0, 0.1) is 0 Å². The minimum atomic E-state index is 0.581. The summed E-state index contributed by atoms with van der Waals surface area (Å²) in [4.78, 5) is 14.5. The van der Waals surface area contributed by atoms with Gasteiger partial charge >= 0.3 is 0 Å². The van der Waals surface area contributed by atoms with Crippen LogP contribution < -0.4 is 9.62 Å². The predicted molar refractivity (Wildman–Crippen MR) is 124 cm³/mol. The quantitative estimate of drug-likeness (QED) is 0.324. The second-order valence-corrected chi connectivity index (χ2v) is 7.87. The molecule has 0 aliphatic carbocycles. The Balaban J connectivity index is 1.42. The molecule has 0 amide bonds. The van der Waals surface area contributed by atoms with Gasteiger partial charge in [-0.3, -0.25) is 4.98 Å². The summed E-state index contributed by atoms with van der Waals surface area (Å²) in [6.07, 6.45) is 7.39. The number of hydrogen-bond donors (Lipinski definition) is 1. The highest BCUT2D eigenvalue weighted by atomic mass is 32.2. The lowest BCUT2D eigenvalue weighted by Gasteiger charge is -2.29. The summed E-state index contributed by atoms with van der Waals surface area (Å²) in [7, 11) is 0. The first-order chi connectivity index (χ1) is 14.8. The molecule has 0 atom stereocenters. The molecule has 0 fully saturated rings. The van der Waals surface area contributed by atoms with E-state index < -0.39 is 0 Å². The number of pyridine rings is 1. The van der Waals surface area contributed by atoms with E-state index in [1.807, 2.05) is 48.7 Å². The van der Waals surface area contributed by atoms with E-state index in [9.17, 15) is 0 Å². The molecule has 1 aliphatic rings. The van der Waals surface area contributed by atoms with Gasteiger partial charge in [0, 0.05) is 36.4 Å². The van der Waals surface area contributed by atoms with Crippen molar-refractivity contribution in [1.82, 2.24) is 15.0 Å². The third-order valence-corrected chi connectivity index (χ3v) is 5.90. The van der Waals surface area contributed by atoms with Gasteiger partial charge in [0.2, 0.25) is 5.95 Å². The zero-order chi connectivity index (χ0) is 20.3. The van der Waals surface area contributed by atoms with E-state index in [1.165, 1.54) is 0 Å². The fourth-order valence-electron chi connectivity index (χ4n) is 3.42. The van der Waals surface area contributed by atoms with Crippen LogP contribution in [0.3, 0.4) is 0 Å². The molecular weight excluding hydrogens is 390 g/mol. The highest BCUT2D eigenvalue weighted by molar-refractivity contribution is 8.00. The standard InChI is InChI=1S/C24H19N5S/c1-2-15-29-21-6-4-3-5-20(21)23-22(30-29)16-26-24(28-23)27-19-9-7-17(8-10-19)18-11-13-25-14-12-18/h2-14,16H,1,15H2,(H,26,27,28). The highest BCUT2D eigenvalue weighted by Crippen LogP contribution is 2.45. The Morgan fingerprint density at radius 2 is 1.73 bits per heavy atom. The molecule has 4 aromatic rings. The Bertz CT molecular complexity index is 1190. The van der Waals surface area contributed by atoms with Crippen LogP contribution in [0.15, 0.2) is 96.8 Å². The largest absolute Gasteiger partial charge is 0.324 e. The number of rotatable bonds is 5. The number of benzene rings is 2. The summed E-state index contributed by atoms with van der Waals surface area (Å²) >= 11 is 1.64. The van der Waals surface area contributed by atoms with E-state index in [-0.39, 0.29) is 0 Å². The van der Waals surface area contributed by atoms with Crippen molar-refractivity contribution < 1.29 is 0 Å². The first kappa shape index (κ1) is 18.4. The molecule has 146 valence electrons. The predicted octanol–water partition coefficient (Wildman–Crippen LogP) is 5.96. The molecule has 0 saturated carbocycles. The number of aromatic nitrogens is 3.